The van der Waals surface area contributed by atoms with Crippen LogP contribution in [0.1, 0.15) is 17.7 Å². The quantitative estimate of drug-likeness (QED) is 0.621. The molecular weight excluding hydrogens is 346 g/mol. The summed E-state index contributed by atoms with van der Waals surface area (Å²) < 4.78 is 5.58. The van der Waals surface area contributed by atoms with Crippen LogP contribution in [0.5, 0.6) is 0 Å². The molecule has 1 aromatic rings. The minimum absolute atomic E-state index is 0.162. The highest BCUT2D eigenvalue weighted by atomic mass is 32.1. The van der Waals surface area contributed by atoms with Gasteiger partial charge < -0.3 is 19.9 Å². The summed E-state index contributed by atoms with van der Waals surface area (Å²) >= 11 is 1.85. The predicted octanol–water partition coefficient (Wildman–Crippen LogP) is 1.55. The first-order chi connectivity index (χ1) is 12.6. The Labute approximate surface area is 161 Å². The topological polar surface area (TPSA) is 43.3 Å². The first-order valence-corrected chi connectivity index (χ1v) is 10.5. The molecule has 2 aliphatic rings. The first-order valence-electron chi connectivity index (χ1n) is 9.58. The van der Waals surface area contributed by atoms with Gasteiger partial charge >= 0.3 is 0 Å². The largest absolute Gasteiger partial charge is 0.381 e. The van der Waals surface area contributed by atoms with Crippen LogP contribution in [0, 0.1) is 0 Å². The maximum atomic E-state index is 5.58. The average molecular weight is 380 g/mol. The van der Waals surface area contributed by atoms with Crippen molar-refractivity contribution in [1.29, 1.82) is 0 Å². The SMILES string of the molecule is CN=C(NCC1(N(C)C)CCOCC1)N1CCN(Cc2cccs2)CC1. The van der Waals surface area contributed by atoms with Crippen LogP contribution in [0.15, 0.2) is 22.5 Å². The third-order valence-corrected chi connectivity index (χ3v) is 6.65. The summed E-state index contributed by atoms with van der Waals surface area (Å²) in [6.45, 7) is 7.93. The van der Waals surface area contributed by atoms with E-state index >= 15 is 0 Å². The number of hydrogen-bond acceptors (Lipinski definition) is 5. The molecule has 26 heavy (non-hydrogen) atoms. The molecule has 0 radical (unpaired) electrons. The number of rotatable bonds is 5. The number of hydrogen-bond donors (Lipinski definition) is 1. The molecule has 1 aromatic heterocycles. The van der Waals surface area contributed by atoms with Crippen molar-refractivity contribution in [2.24, 2.45) is 4.99 Å². The van der Waals surface area contributed by atoms with E-state index < -0.39 is 0 Å². The van der Waals surface area contributed by atoms with Crippen molar-refractivity contribution < 1.29 is 4.74 Å². The normalized spacial score (nSPS) is 22.0. The Morgan fingerprint density at radius 2 is 2.00 bits per heavy atom. The van der Waals surface area contributed by atoms with Crippen molar-refractivity contribution in [3.8, 4) is 0 Å². The molecule has 0 aromatic carbocycles. The first kappa shape index (κ1) is 19.6. The van der Waals surface area contributed by atoms with Crippen LogP contribution < -0.4 is 5.32 Å². The highest BCUT2D eigenvalue weighted by Gasteiger charge is 2.35. The third kappa shape index (κ3) is 4.76. The molecule has 2 saturated heterocycles. The molecule has 2 fully saturated rings. The van der Waals surface area contributed by atoms with Gasteiger partial charge in [-0.3, -0.25) is 9.89 Å². The molecule has 3 heterocycles. The molecular formula is C19H33N5OS. The van der Waals surface area contributed by atoms with E-state index in [9.17, 15) is 0 Å². The summed E-state index contributed by atoms with van der Waals surface area (Å²) in [6.07, 6.45) is 2.14. The monoisotopic (exact) mass is 379 g/mol. The smallest absolute Gasteiger partial charge is 0.193 e. The maximum Gasteiger partial charge on any atom is 0.193 e. The van der Waals surface area contributed by atoms with Gasteiger partial charge in [-0.05, 0) is 38.4 Å². The number of ether oxygens (including phenoxy) is 1. The summed E-state index contributed by atoms with van der Waals surface area (Å²) in [5.41, 5.74) is 0.162. The number of nitrogens with zero attached hydrogens (tertiary/aromatic N) is 4. The van der Waals surface area contributed by atoms with Gasteiger partial charge in [0.25, 0.3) is 0 Å². The second kappa shape index (κ2) is 9.17. The fourth-order valence-corrected chi connectivity index (χ4v) is 4.60. The Balaban J connectivity index is 1.50. The Hall–Kier alpha value is -1.15. The number of piperazine rings is 1. The molecule has 0 saturated carbocycles. The van der Waals surface area contributed by atoms with E-state index in [-0.39, 0.29) is 5.54 Å². The van der Waals surface area contributed by atoms with Gasteiger partial charge in [-0.1, -0.05) is 6.07 Å². The summed E-state index contributed by atoms with van der Waals surface area (Å²) in [4.78, 5) is 13.3. The highest BCUT2D eigenvalue weighted by molar-refractivity contribution is 7.09. The molecule has 7 heteroatoms. The highest BCUT2D eigenvalue weighted by Crippen LogP contribution is 2.25. The maximum absolute atomic E-state index is 5.58. The van der Waals surface area contributed by atoms with Crippen molar-refractivity contribution >= 4 is 17.3 Å². The fourth-order valence-electron chi connectivity index (χ4n) is 3.85. The van der Waals surface area contributed by atoms with Gasteiger partial charge in [0.15, 0.2) is 5.96 Å². The Kier molecular flexibility index (Phi) is 6.92. The Bertz CT molecular complexity index is 560. The number of thiophene rings is 1. The Morgan fingerprint density at radius 1 is 1.27 bits per heavy atom. The van der Waals surface area contributed by atoms with Crippen LogP contribution in [0.2, 0.25) is 0 Å². The van der Waals surface area contributed by atoms with E-state index in [0.717, 1.165) is 71.3 Å². The lowest BCUT2D eigenvalue weighted by Crippen LogP contribution is -2.59. The molecule has 0 spiro atoms. The van der Waals surface area contributed by atoms with Crippen molar-refractivity contribution in [1.82, 2.24) is 20.0 Å². The van der Waals surface area contributed by atoms with Gasteiger partial charge in [-0.15, -0.1) is 11.3 Å². The molecule has 0 bridgehead atoms. The van der Waals surface area contributed by atoms with Gasteiger partial charge in [-0.2, -0.15) is 0 Å². The Morgan fingerprint density at radius 3 is 2.58 bits per heavy atom. The molecule has 1 N–H and O–H groups in total. The zero-order valence-electron chi connectivity index (χ0n) is 16.4. The van der Waals surface area contributed by atoms with Crippen LogP contribution in [0.4, 0.5) is 0 Å². The second-order valence-electron chi connectivity index (χ2n) is 7.47. The van der Waals surface area contributed by atoms with Gasteiger partial charge in [-0.25, -0.2) is 0 Å². The van der Waals surface area contributed by atoms with E-state index in [4.69, 9.17) is 4.74 Å². The van der Waals surface area contributed by atoms with Crippen LogP contribution in [0.25, 0.3) is 0 Å². The molecule has 146 valence electrons. The molecule has 0 unspecified atom stereocenters. The fraction of sp³-hybridized carbons (Fsp3) is 0.737. The van der Waals surface area contributed by atoms with Gasteiger partial charge in [0.2, 0.25) is 0 Å². The van der Waals surface area contributed by atoms with Crippen LogP contribution in [-0.4, -0.2) is 93.3 Å². The zero-order valence-corrected chi connectivity index (χ0v) is 17.2. The minimum Gasteiger partial charge on any atom is -0.381 e. The second-order valence-corrected chi connectivity index (χ2v) is 8.51. The molecule has 0 atom stereocenters. The summed E-state index contributed by atoms with van der Waals surface area (Å²) in [5.74, 6) is 1.04. The lowest BCUT2D eigenvalue weighted by atomic mass is 9.88. The molecule has 3 rings (SSSR count). The lowest BCUT2D eigenvalue weighted by molar-refractivity contribution is -0.00535. The van der Waals surface area contributed by atoms with Crippen molar-refractivity contribution in [3.05, 3.63) is 22.4 Å². The van der Waals surface area contributed by atoms with E-state index in [0.29, 0.717) is 0 Å². The number of guanidine groups is 1. The van der Waals surface area contributed by atoms with E-state index in [1.54, 1.807) is 0 Å². The number of aliphatic imine (C=N–C) groups is 1. The van der Waals surface area contributed by atoms with Crippen LogP contribution >= 0.6 is 11.3 Å². The molecule has 2 aliphatic heterocycles. The summed E-state index contributed by atoms with van der Waals surface area (Å²) in [7, 11) is 6.25. The summed E-state index contributed by atoms with van der Waals surface area (Å²) in [5, 5.41) is 5.81. The minimum atomic E-state index is 0.162. The molecule has 6 nitrogen and oxygen atoms in total. The van der Waals surface area contributed by atoms with Crippen molar-refractivity contribution in [2.45, 2.75) is 24.9 Å². The summed E-state index contributed by atoms with van der Waals surface area (Å²) in [6, 6.07) is 4.37. The van der Waals surface area contributed by atoms with Crippen LogP contribution in [0.3, 0.4) is 0 Å². The van der Waals surface area contributed by atoms with E-state index in [2.05, 4.69) is 56.6 Å². The van der Waals surface area contributed by atoms with Gasteiger partial charge in [0.05, 0.1) is 0 Å². The van der Waals surface area contributed by atoms with E-state index in [1.807, 2.05) is 18.4 Å². The molecule has 0 amide bonds. The van der Waals surface area contributed by atoms with Gasteiger partial charge in [0.1, 0.15) is 0 Å². The van der Waals surface area contributed by atoms with E-state index in [1.165, 1.54) is 4.88 Å². The van der Waals surface area contributed by atoms with Crippen LogP contribution in [-0.2, 0) is 11.3 Å². The van der Waals surface area contributed by atoms with Crippen molar-refractivity contribution in [3.63, 3.8) is 0 Å². The van der Waals surface area contributed by atoms with Crippen molar-refractivity contribution in [2.75, 3.05) is 67.1 Å². The standard InChI is InChI=1S/C19H33N5OS/c1-20-18(21-16-19(22(2)3)6-12-25-13-7-19)24-10-8-23(9-11-24)15-17-5-4-14-26-17/h4-5,14H,6-13,15-16H2,1-3H3,(H,20,21). The number of nitrogens with one attached hydrogen (secondary N) is 1. The van der Waals surface area contributed by atoms with Gasteiger partial charge in [0, 0.05) is 69.9 Å². The average Bonchev–Trinajstić information content (AvgIpc) is 3.17. The zero-order chi connectivity index (χ0) is 18.4. The predicted molar refractivity (Wildman–Crippen MR) is 109 cm³/mol. The molecule has 0 aliphatic carbocycles. The number of likely N-dealkylation sites (N-methyl/N-ethyl adjacent to an activating group) is 1. The lowest BCUT2D eigenvalue weighted by Gasteiger charge is -2.44. The third-order valence-electron chi connectivity index (χ3n) is 5.79.